The average molecular weight is 404 g/mol. The topological polar surface area (TPSA) is 93.8 Å². The number of aliphatic imine (C=N–C) groups is 1. The van der Waals surface area contributed by atoms with E-state index in [9.17, 15) is 0 Å². The van der Waals surface area contributed by atoms with Gasteiger partial charge in [0.15, 0.2) is 11.8 Å². The highest BCUT2D eigenvalue weighted by atomic mass is 16.5. The quantitative estimate of drug-likeness (QED) is 0.338. The molecule has 29 heavy (non-hydrogen) atoms. The Balaban J connectivity index is 1.95. The van der Waals surface area contributed by atoms with Crippen molar-refractivity contribution in [2.45, 2.75) is 46.6 Å². The van der Waals surface area contributed by atoms with E-state index in [-0.39, 0.29) is 5.92 Å². The minimum atomic E-state index is 0.258. The predicted molar refractivity (Wildman–Crippen MR) is 113 cm³/mol. The lowest BCUT2D eigenvalue weighted by Crippen LogP contribution is -2.38. The molecule has 0 saturated carbocycles. The molecule has 2 rings (SSSR count). The number of ether oxygens (including phenoxy) is 2. The van der Waals surface area contributed by atoms with Gasteiger partial charge in [-0.05, 0) is 25.5 Å². The first-order valence-electron chi connectivity index (χ1n) is 10.1. The third-order valence-corrected chi connectivity index (χ3v) is 4.15. The lowest BCUT2D eigenvalue weighted by Gasteiger charge is -2.13. The Kier molecular flexibility index (Phi) is 9.43. The van der Waals surface area contributed by atoms with Crippen LogP contribution in [0.5, 0.6) is 5.75 Å². The Morgan fingerprint density at radius 2 is 2.07 bits per heavy atom. The lowest BCUT2D eigenvalue weighted by atomic mass is 10.1. The molecule has 0 saturated heterocycles. The normalized spacial score (nSPS) is 11.7. The smallest absolute Gasteiger partial charge is 0.228 e. The van der Waals surface area contributed by atoms with E-state index in [2.05, 4.69) is 37.9 Å². The molecule has 1 heterocycles. The monoisotopic (exact) mass is 403 g/mol. The van der Waals surface area contributed by atoms with Crippen molar-refractivity contribution in [3.8, 4) is 5.75 Å². The van der Waals surface area contributed by atoms with Crippen LogP contribution in [0, 0.1) is 6.92 Å². The van der Waals surface area contributed by atoms with E-state index in [1.54, 1.807) is 7.11 Å². The van der Waals surface area contributed by atoms with Crippen molar-refractivity contribution in [1.82, 2.24) is 20.8 Å². The van der Waals surface area contributed by atoms with E-state index in [4.69, 9.17) is 14.0 Å². The largest absolute Gasteiger partial charge is 0.491 e. The molecule has 0 bridgehead atoms. The molecule has 1 aromatic heterocycles. The fraction of sp³-hybridized carbons (Fsp3) is 0.571. The van der Waals surface area contributed by atoms with Crippen molar-refractivity contribution in [3.05, 3.63) is 41.0 Å². The Morgan fingerprint density at radius 3 is 2.76 bits per heavy atom. The first-order valence-corrected chi connectivity index (χ1v) is 10.1. The van der Waals surface area contributed by atoms with Gasteiger partial charge >= 0.3 is 0 Å². The van der Waals surface area contributed by atoms with E-state index in [0.29, 0.717) is 38.6 Å². The highest BCUT2D eigenvalue weighted by Crippen LogP contribution is 2.21. The minimum Gasteiger partial charge on any atom is -0.491 e. The van der Waals surface area contributed by atoms with Gasteiger partial charge < -0.3 is 24.6 Å². The van der Waals surface area contributed by atoms with Crippen molar-refractivity contribution >= 4 is 5.96 Å². The zero-order chi connectivity index (χ0) is 21.1. The van der Waals surface area contributed by atoms with Gasteiger partial charge in [0, 0.05) is 38.1 Å². The van der Waals surface area contributed by atoms with Crippen LogP contribution in [0.4, 0.5) is 0 Å². The highest BCUT2D eigenvalue weighted by Gasteiger charge is 2.10. The number of benzene rings is 1. The number of rotatable bonds is 11. The summed E-state index contributed by atoms with van der Waals surface area (Å²) in [6, 6.07) is 6.15. The first kappa shape index (κ1) is 22.7. The van der Waals surface area contributed by atoms with Crippen molar-refractivity contribution in [1.29, 1.82) is 0 Å². The molecule has 2 aromatic rings. The molecule has 8 nitrogen and oxygen atoms in total. The second kappa shape index (κ2) is 12.1. The number of aryl methyl sites for hydroxylation is 1. The molecule has 1 aromatic carbocycles. The second-order valence-corrected chi connectivity index (χ2v) is 7.03. The number of nitrogens with one attached hydrogen (secondary N) is 2. The summed E-state index contributed by atoms with van der Waals surface area (Å²) in [6.45, 7) is 11.2. The van der Waals surface area contributed by atoms with Gasteiger partial charge in [0.1, 0.15) is 12.4 Å². The molecule has 0 spiro atoms. The van der Waals surface area contributed by atoms with Crippen LogP contribution >= 0.6 is 0 Å². The number of nitrogens with zero attached hydrogens (tertiary/aromatic N) is 3. The maximum Gasteiger partial charge on any atom is 0.228 e. The molecule has 0 aliphatic carbocycles. The van der Waals surface area contributed by atoms with Crippen LogP contribution in [-0.4, -0.2) is 49.5 Å². The fourth-order valence-electron chi connectivity index (χ4n) is 2.56. The maximum atomic E-state index is 5.85. The van der Waals surface area contributed by atoms with E-state index in [0.717, 1.165) is 35.2 Å². The van der Waals surface area contributed by atoms with E-state index >= 15 is 0 Å². The zero-order valence-corrected chi connectivity index (χ0v) is 18.1. The number of hydrogen-bond donors (Lipinski definition) is 2. The van der Waals surface area contributed by atoms with Crippen LogP contribution in [0.15, 0.2) is 27.7 Å². The summed E-state index contributed by atoms with van der Waals surface area (Å²) >= 11 is 0. The van der Waals surface area contributed by atoms with Crippen molar-refractivity contribution in [3.63, 3.8) is 0 Å². The van der Waals surface area contributed by atoms with Gasteiger partial charge in [0.25, 0.3) is 0 Å². The third-order valence-electron chi connectivity index (χ3n) is 4.15. The maximum absolute atomic E-state index is 5.85. The number of hydrogen-bond acceptors (Lipinski definition) is 6. The third kappa shape index (κ3) is 7.73. The average Bonchev–Trinajstić information content (AvgIpc) is 3.17. The summed E-state index contributed by atoms with van der Waals surface area (Å²) in [5.74, 6) is 3.20. The predicted octanol–water partition coefficient (Wildman–Crippen LogP) is 2.82. The molecule has 160 valence electrons. The van der Waals surface area contributed by atoms with Gasteiger partial charge in [-0.15, -0.1) is 0 Å². The van der Waals surface area contributed by atoms with Crippen molar-refractivity contribution in [2.75, 3.05) is 33.4 Å². The Hall–Kier alpha value is -2.61. The molecular weight excluding hydrogens is 370 g/mol. The summed E-state index contributed by atoms with van der Waals surface area (Å²) in [5, 5.41) is 10.6. The minimum absolute atomic E-state index is 0.258. The molecule has 0 aliphatic rings. The van der Waals surface area contributed by atoms with Crippen LogP contribution in [0.1, 0.15) is 49.5 Å². The molecule has 8 heteroatoms. The molecule has 0 fully saturated rings. The summed E-state index contributed by atoms with van der Waals surface area (Å²) in [6.07, 6.45) is 0.639. The fourth-order valence-corrected chi connectivity index (χ4v) is 2.56. The van der Waals surface area contributed by atoms with Gasteiger partial charge in [0.05, 0.1) is 13.2 Å². The first-order chi connectivity index (χ1) is 14.0. The van der Waals surface area contributed by atoms with Crippen LogP contribution in [0.25, 0.3) is 0 Å². The summed E-state index contributed by atoms with van der Waals surface area (Å²) in [5.41, 5.74) is 2.18. The molecular formula is C21H33N5O3. The molecule has 0 aliphatic heterocycles. The molecule has 2 N–H and O–H groups in total. The molecule has 0 amide bonds. The van der Waals surface area contributed by atoms with Gasteiger partial charge in [-0.2, -0.15) is 4.98 Å². The SMILES string of the molecule is CCNC(=NCc1ccc(C)cc1OCCOC)NCCc1nc(C(C)C)no1. The van der Waals surface area contributed by atoms with E-state index in [1.165, 1.54) is 0 Å². The second-order valence-electron chi connectivity index (χ2n) is 7.03. The van der Waals surface area contributed by atoms with Gasteiger partial charge in [-0.1, -0.05) is 31.1 Å². The van der Waals surface area contributed by atoms with Crippen molar-refractivity contribution < 1.29 is 14.0 Å². The van der Waals surface area contributed by atoms with E-state index < -0.39 is 0 Å². The standard InChI is InChI=1S/C21H33N5O3/c1-6-22-21(23-10-9-19-25-20(15(2)3)26-29-19)24-14-17-8-7-16(4)13-18(17)28-12-11-27-5/h7-8,13,15H,6,9-12,14H2,1-5H3,(H2,22,23,24). The van der Waals surface area contributed by atoms with Gasteiger partial charge in [-0.3, -0.25) is 0 Å². The number of guanidine groups is 1. The number of methoxy groups -OCH3 is 1. The van der Waals surface area contributed by atoms with E-state index in [1.807, 2.05) is 33.8 Å². The highest BCUT2D eigenvalue weighted by molar-refractivity contribution is 5.79. The zero-order valence-electron chi connectivity index (χ0n) is 18.1. The molecule has 0 radical (unpaired) electrons. The lowest BCUT2D eigenvalue weighted by molar-refractivity contribution is 0.145. The number of aromatic nitrogens is 2. The summed E-state index contributed by atoms with van der Waals surface area (Å²) < 4.78 is 16.2. The molecule has 0 atom stereocenters. The van der Waals surface area contributed by atoms with Crippen LogP contribution in [0.3, 0.4) is 0 Å². The summed E-state index contributed by atoms with van der Waals surface area (Å²) in [7, 11) is 1.66. The Bertz CT molecular complexity index is 773. The van der Waals surface area contributed by atoms with Crippen LogP contribution in [0.2, 0.25) is 0 Å². The summed E-state index contributed by atoms with van der Waals surface area (Å²) in [4.78, 5) is 9.08. The Morgan fingerprint density at radius 1 is 1.24 bits per heavy atom. The van der Waals surface area contributed by atoms with Gasteiger partial charge in [-0.25, -0.2) is 4.99 Å². The van der Waals surface area contributed by atoms with Crippen LogP contribution < -0.4 is 15.4 Å². The van der Waals surface area contributed by atoms with Crippen molar-refractivity contribution in [2.24, 2.45) is 4.99 Å². The Labute approximate surface area is 173 Å². The van der Waals surface area contributed by atoms with Gasteiger partial charge in [0.2, 0.25) is 5.89 Å². The van der Waals surface area contributed by atoms with Crippen LogP contribution in [-0.2, 0) is 17.7 Å². The molecule has 0 unspecified atom stereocenters.